The van der Waals surface area contributed by atoms with Crippen LogP contribution in [0.15, 0.2) is 18.2 Å². The number of anilines is 1. The molecule has 1 fully saturated rings. The number of carbonyl (C=O) groups excluding carboxylic acids is 2. The maximum atomic E-state index is 12.4. The fourth-order valence-electron chi connectivity index (χ4n) is 2.40. The van der Waals surface area contributed by atoms with E-state index in [0.29, 0.717) is 16.5 Å². The standard InChI is InChI=1S/C14H15ClN2O3S/c15-10-1-2-12-11(7-10)17(14(19)9-20-12)8-13(18)16-3-5-21-6-4-16/h1-2,7H,3-6,8-9H2. The van der Waals surface area contributed by atoms with Crippen LogP contribution in [-0.4, -0.2) is 54.5 Å². The molecule has 7 heteroatoms. The molecule has 0 radical (unpaired) electrons. The minimum atomic E-state index is -0.218. The van der Waals surface area contributed by atoms with Crippen molar-refractivity contribution in [3.05, 3.63) is 23.2 Å². The molecule has 0 spiro atoms. The van der Waals surface area contributed by atoms with Crippen molar-refractivity contribution in [2.24, 2.45) is 0 Å². The van der Waals surface area contributed by atoms with Gasteiger partial charge in [-0.05, 0) is 18.2 Å². The van der Waals surface area contributed by atoms with Crippen LogP contribution in [0.5, 0.6) is 5.75 Å². The number of halogens is 1. The van der Waals surface area contributed by atoms with Crippen molar-refractivity contribution in [2.45, 2.75) is 0 Å². The maximum Gasteiger partial charge on any atom is 0.265 e. The Labute approximate surface area is 132 Å². The third-order valence-corrected chi connectivity index (χ3v) is 4.70. The maximum absolute atomic E-state index is 12.4. The Balaban J connectivity index is 1.79. The predicted molar refractivity (Wildman–Crippen MR) is 83.2 cm³/mol. The van der Waals surface area contributed by atoms with Crippen LogP contribution in [0.4, 0.5) is 5.69 Å². The van der Waals surface area contributed by atoms with E-state index in [-0.39, 0.29) is 25.0 Å². The summed E-state index contributed by atoms with van der Waals surface area (Å²) >= 11 is 7.82. The predicted octanol–water partition coefficient (Wildman–Crippen LogP) is 1.64. The summed E-state index contributed by atoms with van der Waals surface area (Å²) < 4.78 is 5.37. The van der Waals surface area contributed by atoms with Crippen molar-refractivity contribution in [3.8, 4) is 5.75 Å². The van der Waals surface area contributed by atoms with E-state index in [4.69, 9.17) is 16.3 Å². The second kappa shape index (κ2) is 6.15. The van der Waals surface area contributed by atoms with E-state index in [0.717, 1.165) is 24.6 Å². The molecule has 0 aliphatic carbocycles. The van der Waals surface area contributed by atoms with Gasteiger partial charge in [0.15, 0.2) is 6.61 Å². The number of fused-ring (bicyclic) bond motifs is 1. The molecular formula is C14H15ClN2O3S. The molecule has 0 bridgehead atoms. The number of nitrogens with zero attached hydrogens (tertiary/aromatic N) is 2. The van der Waals surface area contributed by atoms with Crippen LogP contribution in [0.3, 0.4) is 0 Å². The Morgan fingerprint density at radius 1 is 1.33 bits per heavy atom. The summed E-state index contributed by atoms with van der Waals surface area (Å²) in [6.45, 7) is 1.48. The van der Waals surface area contributed by atoms with Crippen LogP contribution >= 0.6 is 23.4 Å². The minimum absolute atomic E-state index is 0.0310. The summed E-state index contributed by atoms with van der Waals surface area (Å²) in [6.07, 6.45) is 0. The number of benzene rings is 1. The Morgan fingerprint density at radius 3 is 2.86 bits per heavy atom. The van der Waals surface area contributed by atoms with E-state index >= 15 is 0 Å². The van der Waals surface area contributed by atoms with Gasteiger partial charge in [0, 0.05) is 29.6 Å². The summed E-state index contributed by atoms with van der Waals surface area (Å²) in [5.74, 6) is 2.23. The molecule has 112 valence electrons. The zero-order valence-corrected chi connectivity index (χ0v) is 13.0. The van der Waals surface area contributed by atoms with Gasteiger partial charge in [-0.1, -0.05) is 11.6 Å². The van der Waals surface area contributed by atoms with Crippen LogP contribution in [-0.2, 0) is 9.59 Å². The van der Waals surface area contributed by atoms with Crippen molar-refractivity contribution in [3.63, 3.8) is 0 Å². The topological polar surface area (TPSA) is 49.9 Å². The first-order valence-corrected chi connectivity index (χ1v) is 8.26. The van der Waals surface area contributed by atoms with E-state index in [1.807, 2.05) is 16.7 Å². The lowest BCUT2D eigenvalue weighted by atomic mass is 10.2. The van der Waals surface area contributed by atoms with Gasteiger partial charge in [-0.3, -0.25) is 14.5 Å². The van der Waals surface area contributed by atoms with Gasteiger partial charge in [0.25, 0.3) is 5.91 Å². The highest BCUT2D eigenvalue weighted by Crippen LogP contribution is 2.34. The van der Waals surface area contributed by atoms with Gasteiger partial charge in [-0.2, -0.15) is 11.8 Å². The fourth-order valence-corrected chi connectivity index (χ4v) is 3.47. The average Bonchev–Trinajstić information content (AvgIpc) is 2.51. The van der Waals surface area contributed by atoms with Gasteiger partial charge >= 0.3 is 0 Å². The van der Waals surface area contributed by atoms with Crippen LogP contribution in [0.1, 0.15) is 0 Å². The molecule has 2 amide bonds. The third kappa shape index (κ3) is 3.11. The van der Waals surface area contributed by atoms with Gasteiger partial charge in [-0.15, -0.1) is 0 Å². The van der Waals surface area contributed by atoms with Crippen molar-refractivity contribution < 1.29 is 14.3 Å². The summed E-state index contributed by atoms with van der Waals surface area (Å²) in [4.78, 5) is 27.7. The van der Waals surface area contributed by atoms with Crippen molar-refractivity contribution in [1.29, 1.82) is 0 Å². The van der Waals surface area contributed by atoms with E-state index < -0.39 is 0 Å². The van der Waals surface area contributed by atoms with E-state index in [1.54, 1.807) is 18.2 Å². The second-order valence-corrected chi connectivity index (χ2v) is 6.53. The van der Waals surface area contributed by atoms with Crippen molar-refractivity contribution in [1.82, 2.24) is 4.90 Å². The summed E-state index contributed by atoms with van der Waals surface area (Å²) in [7, 11) is 0. The van der Waals surface area contributed by atoms with E-state index in [2.05, 4.69) is 0 Å². The molecule has 1 saturated heterocycles. The number of hydrogen-bond acceptors (Lipinski definition) is 4. The highest BCUT2D eigenvalue weighted by atomic mass is 35.5. The molecule has 0 atom stereocenters. The Bertz CT molecular complexity index is 575. The van der Waals surface area contributed by atoms with Crippen LogP contribution in [0, 0.1) is 0 Å². The molecule has 21 heavy (non-hydrogen) atoms. The first-order valence-electron chi connectivity index (χ1n) is 6.73. The molecule has 1 aromatic rings. The normalized spacial score (nSPS) is 18.2. The molecule has 2 aliphatic heterocycles. The number of carbonyl (C=O) groups is 2. The molecule has 3 rings (SSSR count). The zero-order valence-electron chi connectivity index (χ0n) is 11.4. The monoisotopic (exact) mass is 326 g/mol. The molecule has 2 heterocycles. The Hall–Kier alpha value is -1.40. The van der Waals surface area contributed by atoms with E-state index in [1.165, 1.54) is 4.90 Å². The smallest absolute Gasteiger partial charge is 0.265 e. The Morgan fingerprint density at radius 2 is 2.10 bits per heavy atom. The van der Waals surface area contributed by atoms with Crippen LogP contribution in [0.25, 0.3) is 0 Å². The first kappa shape index (κ1) is 14.5. The minimum Gasteiger partial charge on any atom is -0.482 e. The number of rotatable bonds is 2. The SMILES string of the molecule is O=C(CN1C(=O)COc2ccc(Cl)cc21)N1CCSCC1. The van der Waals surface area contributed by atoms with Crippen LogP contribution < -0.4 is 9.64 Å². The molecule has 1 aromatic carbocycles. The lowest BCUT2D eigenvalue weighted by Crippen LogP contribution is -2.48. The molecule has 0 unspecified atom stereocenters. The summed E-state index contributed by atoms with van der Waals surface area (Å²) in [6, 6.07) is 5.09. The molecule has 0 aromatic heterocycles. The molecule has 2 aliphatic rings. The lowest BCUT2D eigenvalue weighted by Gasteiger charge is -2.32. The average molecular weight is 327 g/mol. The van der Waals surface area contributed by atoms with Crippen molar-refractivity contribution >= 4 is 40.9 Å². The van der Waals surface area contributed by atoms with Gasteiger partial charge in [0.05, 0.1) is 5.69 Å². The van der Waals surface area contributed by atoms with Gasteiger partial charge in [0.2, 0.25) is 5.91 Å². The summed E-state index contributed by atoms with van der Waals surface area (Å²) in [5.41, 5.74) is 0.568. The lowest BCUT2D eigenvalue weighted by molar-refractivity contribution is -0.131. The summed E-state index contributed by atoms with van der Waals surface area (Å²) in [5, 5.41) is 0.513. The largest absolute Gasteiger partial charge is 0.482 e. The Kier molecular flexibility index (Phi) is 4.26. The van der Waals surface area contributed by atoms with Gasteiger partial charge in [0.1, 0.15) is 12.3 Å². The fraction of sp³-hybridized carbons (Fsp3) is 0.429. The number of ether oxygens (including phenoxy) is 1. The van der Waals surface area contributed by atoms with Crippen molar-refractivity contribution in [2.75, 3.05) is 42.6 Å². The highest BCUT2D eigenvalue weighted by molar-refractivity contribution is 7.99. The number of hydrogen-bond donors (Lipinski definition) is 0. The highest BCUT2D eigenvalue weighted by Gasteiger charge is 2.29. The molecular weight excluding hydrogens is 312 g/mol. The molecule has 0 saturated carbocycles. The number of thioether (sulfide) groups is 1. The third-order valence-electron chi connectivity index (χ3n) is 3.52. The first-order chi connectivity index (χ1) is 10.1. The number of amides is 2. The molecule has 5 nitrogen and oxygen atoms in total. The van der Waals surface area contributed by atoms with Gasteiger partial charge < -0.3 is 9.64 Å². The van der Waals surface area contributed by atoms with Crippen LogP contribution in [0.2, 0.25) is 5.02 Å². The zero-order chi connectivity index (χ0) is 14.8. The quantitative estimate of drug-likeness (QED) is 0.829. The molecule has 0 N–H and O–H groups in total. The van der Waals surface area contributed by atoms with E-state index in [9.17, 15) is 9.59 Å². The van der Waals surface area contributed by atoms with Gasteiger partial charge in [-0.25, -0.2) is 0 Å². The second-order valence-electron chi connectivity index (χ2n) is 4.87.